The monoisotopic (exact) mass is 275 g/mol. The number of nitrogens with zero attached hydrogens (tertiary/aromatic N) is 2. The Morgan fingerprint density at radius 3 is 2.39 bits per heavy atom. The molecular formula is C14H30ClN3. The molecule has 4 heteroatoms. The third-order valence-electron chi connectivity index (χ3n) is 4.55. The van der Waals surface area contributed by atoms with Crippen LogP contribution in [0.15, 0.2) is 0 Å². The highest BCUT2D eigenvalue weighted by molar-refractivity contribution is 5.85. The van der Waals surface area contributed by atoms with Crippen LogP contribution in [0.3, 0.4) is 0 Å². The number of halogens is 1. The quantitative estimate of drug-likeness (QED) is 0.826. The second kappa shape index (κ2) is 8.36. The van der Waals surface area contributed by atoms with Crippen molar-refractivity contribution >= 4 is 12.4 Å². The van der Waals surface area contributed by atoms with Crippen LogP contribution in [0.1, 0.15) is 33.1 Å². The van der Waals surface area contributed by atoms with Crippen molar-refractivity contribution in [3.8, 4) is 0 Å². The summed E-state index contributed by atoms with van der Waals surface area (Å²) in [6.45, 7) is 13.5. The minimum absolute atomic E-state index is 0. The van der Waals surface area contributed by atoms with Crippen molar-refractivity contribution in [2.24, 2.45) is 5.92 Å². The van der Waals surface area contributed by atoms with E-state index in [4.69, 9.17) is 0 Å². The van der Waals surface area contributed by atoms with Gasteiger partial charge in [0, 0.05) is 19.1 Å². The predicted octanol–water partition coefficient (Wildman–Crippen LogP) is 1.82. The largest absolute Gasteiger partial charge is 0.317 e. The van der Waals surface area contributed by atoms with Crippen molar-refractivity contribution in [3.63, 3.8) is 0 Å². The Kier molecular flexibility index (Phi) is 7.54. The average molecular weight is 276 g/mol. The van der Waals surface area contributed by atoms with Gasteiger partial charge < -0.3 is 10.2 Å². The number of hydrogen-bond donors (Lipinski definition) is 1. The highest BCUT2D eigenvalue weighted by atomic mass is 35.5. The van der Waals surface area contributed by atoms with E-state index in [0.717, 1.165) is 12.0 Å². The lowest BCUT2D eigenvalue weighted by Crippen LogP contribution is -2.39. The Morgan fingerprint density at radius 1 is 1.11 bits per heavy atom. The molecule has 0 aromatic rings. The number of rotatable bonds is 5. The van der Waals surface area contributed by atoms with Crippen LogP contribution in [0, 0.1) is 5.92 Å². The Hall–Kier alpha value is 0.170. The molecule has 2 fully saturated rings. The predicted molar refractivity (Wildman–Crippen MR) is 80.6 cm³/mol. The molecule has 0 bridgehead atoms. The van der Waals surface area contributed by atoms with Gasteiger partial charge in [-0.3, -0.25) is 4.90 Å². The molecule has 1 unspecified atom stereocenters. The Morgan fingerprint density at radius 2 is 1.78 bits per heavy atom. The minimum Gasteiger partial charge on any atom is -0.317 e. The summed E-state index contributed by atoms with van der Waals surface area (Å²) in [4.78, 5) is 5.33. The van der Waals surface area contributed by atoms with Gasteiger partial charge in [0.25, 0.3) is 0 Å². The fraction of sp³-hybridized carbons (Fsp3) is 1.00. The molecule has 2 saturated heterocycles. The summed E-state index contributed by atoms with van der Waals surface area (Å²) in [5, 5.41) is 3.46. The van der Waals surface area contributed by atoms with Gasteiger partial charge in [-0.05, 0) is 57.9 Å². The molecule has 0 amide bonds. The molecule has 1 atom stereocenters. The summed E-state index contributed by atoms with van der Waals surface area (Å²) >= 11 is 0. The van der Waals surface area contributed by atoms with E-state index in [2.05, 4.69) is 29.0 Å². The van der Waals surface area contributed by atoms with Gasteiger partial charge in [0.05, 0.1) is 0 Å². The van der Waals surface area contributed by atoms with Crippen LogP contribution >= 0.6 is 12.4 Å². The molecule has 3 nitrogen and oxygen atoms in total. The van der Waals surface area contributed by atoms with E-state index in [1.54, 1.807) is 0 Å². The van der Waals surface area contributed by atoms with Crippen LogP contribution in [-0.2, 0) is 0 Å². The SMILES string of the molecule is CCN(CC)C1CCN(CC2CCNCC2)C1.Cl. The summed E-state index contributed by atoms with van der Waals surface area (Å²) in [6.07, 6.45) is 4.14. The number of nitrogens with one attached hydrogen (secondary N) is 1. The van der Waals surface area contributed by atoms with Crippen LogP contribution in [0.2, 0.25) is 0 Å². The van der Waals surface area contributed by atoms with Gasteiger partial charge in [0.15, 0.2) is 0 Å². The molecule has 1 N–H and O–H groups in total. The Bertz CT molecular complexity index is 215. The van der Waals surface area contributed by atoms with Crippen molar-refractivity contribution in [1.29, 1.82) is 0 Å². The maximum absolute atomic E-state index is 3.46. The number of piperidine rings is 1. The van der Waals surface area contributed by atoms with Gasteiger partial charge in [-0.25, -0.2) is 0 Å². The first-order valence-corrected chi connectivity index (χ1v) is 7.50. The number of likely N-dealkylation sites (tertiary alicyclic amines) is 1. The fourth-order valence-electron chi connectivity index (χ4n) is 3.45. The molecule has 2 aliphatic heterocycles. The first-order valence-electron chi connectivity index (χ1n) is 7.50. The van der Waals surface area contributed by atoms with E-state index in [0.29, 0.717) is 0 Å². The Balaban J connectivity index is 0.00000162. The average Bonchev–Trinajstić information content (AvgIpc) is 2.81. The van der Waals surface area contributed by atoms with Crippen molar-refractivity contribution in [2.75, 3.05) is 45.8 Å². The molecule has 0 aliphatic carbocycles. The van der Waals surface area contributed by atoms with E-state index in [9.17, 15) is 0 Å². The van der Waals surface area contributed by atoms with E-state index in [1.807, 2.05) is 0 Å². The molecule has 108 valence electrons. The molecule has 2 aliphatic rings. The summed E-state index contributed by atoms with van der Waals surface area (Å²) < 4.78 is 0. The van der Waals surface area contributed by atoms with Crippen molar-refractivity contribution < 1.29 is 0 Å². The van der Waals surface area contributed by atoms with Crippen molar-refractivity contribution in [1.82, 2.24) is 15.1 Å². The van der Waals surface area contributed by atoms with Crippen LogP contribution in [0.4, 0.5) is 0 Å². The minimum atomic E-state index is 0. The van der Waals surface area contributed by atoms with Crippen LogP contribution in [0.25, 0.3) is 0 Å². The molecule has 0 spiro atoms. The van der Waals surface area contributed by atoms with Gasteiger partial charge in [-0.15, -0.1) is 12.4 Å². The highest BCUT2D eigenvalue weighted by Crippen LogP contribution is 2.20. The zero-order valence-electron chi connectivity index (χ0n) is 12.0. The standard InChI is InChI=1S/C14H29N3.ClH/c1-3-17(4-2)14-7-10-16(12-14)11-13-5-8-15-9-6-13;/h13-15H,3-12H2,1-2H3;1H. The molecular weight excluding hydrogens is 246 g/mol. The van der Waals surface area contributed by atoms with Gasteiger partial charge in [0.2, 0.25) is 0 Å². The summed E-state index contributed by atoms with van der Waals surface area (Å²) in [5.41, 5.74) is 0. The van der Waals surface area contributed by atoms with Gasteiger partial charge >= 0.3 is 0 Å². The third kappa shape index (κ3) is 4.37. The molecule has 0 aromatic heterocycles. The summed E-state index contributed by atoms with van der Waals surface area (Å²) in [7, 11) is 0. The van der Waals surface area contributed by atoms with E-state index < -0.39 is 0 Å². The molecule has 0 aromatic carbocycles. The lowest BCUT2D eigenvalue weighted by Gasteiger charge is -2.29. The molecule has 0 radical (unpaired) electrons. The maximum atomic E-state index is 3.46. The Labute approximate surface area is 119 Å². The van der Waals surface area contributed by atoms with Crippen LogP contribution < -0.4 is 5.32 Å². The van der Waals surface area contributed by atoms with Gasteiger partial charge in [0.1, 0.15) is 0 Å². The summed E-state index contributed by atoms with van der Waals surface area (Å²) in [5.74, 6) is 0.951. The molecule has 2 heterocycles. The van der Waals surface area contributed by atoms with Gasteiger partial charge in [-0.1, -0.05) is 13.8 Å². The van der Waals surface area contributed by atoms with E-state index in [-0.39, 0.29) is 12.4 Å². The molecule has 18 heavy (non-hydrogen) atoms. The molecule has 0 saturated carbocycles. The first-order chi connectivity index (χ1) is 8.33. The number of likely N-dealkylation sites (N-methyl/N-ethyl adjacent to an activating group) is 1. The fourth-order valence-corrected chi connectivity index (χ4v) is 3.45. The van der Waals surface area contributed by atoms with Crippen molar-refractivity contribution in [3.05, 3.63) is 0 Å². The van der Waals surface area contributed by atoms with E-state index in [1.165, 1.54) is 65.1 Å². The topological polar surface area (TPSA) is 18.5 Å². The van der Waals surface area contributed by atoms with Crippen LogP contribution in [-0.4, -0.2) is 61.7 Å². The van der Waals surface area contributed by atoms with Gasteiger partial charge in [-0.2, -0.15) is 0 Å². The first kappa shape index (κ1) is 16.2. The zero-order chi connectivity index (χ0) is 12.1. The van der Waals surface area contributed by atoms with Crippen LogP contribution in [0.5, 0.6) is 0 Å². The molecule has 2 rings (SSSR count). The smallest absolute Gasteiger partial charge is 0.0235 e. The lowest BCUT2D eigenvalue weighted by molar-refractivity contribution is 0.193. The maximum Gasteiger partial charge on any atom is 0.0235 e. The second-order valence-corrected chi connectivity index (χ2v) is 5.62. The lowest BCUT2D eigenvalue weighted by atomic mass is 9.98. The second-order valence-electron chi connectivity index (χ2n) is 5.62. The number of hydrogen-bond acceptors (Lipinski definition) is 3. The third-order valence-corrected chi connectivity index (χ3v) is 4.55. The normalized spacial score (nSPS) is 26.5. The highest BCUT2D eigenvalue weighted by Gasteiger charge is 2.27. The van der Waals surface area contributed by atoms with Crippen molar-refractivity contribution in [2.45, 2.75) is 39.2 Å². The van der Waals surface area contributed by atoms with E-state index >= 15 is 0 Å². The zero-order valence-corrected chi connectivity index (χ0v) is 12.8. The summed E-state index contributed by atoms with van der Waals surface area (Å²) in [6, 6.07) is 0.826.